The van der Waals surface area contributed by atoms with Gasteiger partial charge in [-0.15, -0.1) is 0 Å². The molecule has 1 heterocycles. The van der Waals surface area contributed by atoms with Crippen LogP contribution in [-0.4, -0.2) is 11.0 Å². The molecule has 4 heteroatoms. The predicted molar refractivity (Wildman–Crippen MR) is 94.9 cm³/mol. The SMILES string of the molecule is Cc1ccc(Oc2cccc(C=C3CCC(N)CC3)c2)nc1Cl. The van der Waals surface area contributed by atoms with E-state index >= 15 is 0 Å². The number of nitrogens with zero attached hydrogens (tertiary/aromatic N) is 1. The Labute approximate surface area is 142 Å². The zero-order valence-electron chi connectivity index (χ0n) is 13.3. The molecule has 1 fully saturated rings. The van der Waals surface area contributed by atoms with E-state index in [-0.39, 0.29) is 0 Å². The number of hydrogen-bond acceptors (Lipinski definition) is 3. The number of aromatic nitrogens is 1. The third-order valence-corrected chi connectivity index (χ3v) is 4.52. The Morgan fingerprint density at radius 2 is 2.00 bits per heavy atom. The number of allylic oxidation sites excluding steroid dienone is 1. The fraction of sp³-hybridized carbons (Fsp3) is 0.316. The molecule has 0 aliphatic heterocycles. The van der Waals surface area contributed by atoms with Gasteiger partial charge in [0.2, 0.25) is 5.88 Å². The number of ether oxygens (including phenoxy) is 1. The second-order valence-corrected chi connectivity index (χ2v) is 6.43. The molecule has 2 N–H and O–H groups in total. The van der Waals surface area contributed by atoms with Gasteiger partial charge in [0.15, 0.2) is 0 Å². The fourth-order valence-electron chi connectivity index (χ4n) is 2.72. The molecule has 0 unspecified atom stereocenters. The van der Waals surface area contributed by atoms with Gasteiger partial charge in [-0.1, -0.05) is 41.4 Å². The first-order valence-corrected chi connectivity index (χ1v) is 8.34. The molecule has 0 atom stereocenters. The molecular weight excluding hydrogens is 308 g/mol. The minimum atomic E-state index is 0.360. The largest absolute Gasteiger partial charge is 0.439 e. The summed E-state index contributed by atoms with van der Waals surface area (Å²) in [4.78, 5) is 4.24. The van der Waals surface area contributed by atoms with E-state index in [1.165, 1.54) is 5.57 Å². The van der Waals surface area contributed by atoms with Crippen molar-refractivity contribution in [3.05, 3.63) is 58.3 Å². The van der Waals surface area contributed by atoms with Crippen LogP contribution in [0.3, 0.4) is 0 Å². The lowest BCUT2D eigenvalue weighted by Crippen LogP contribution is -2.23. The zero-order chi connectivity index (χ0) is 16.2. The molecule has 0 radical (unpaired) electrons. The molecule has 0 saturated heterocycles. The van der Waals surface area contributed by atoms with E-state index in [1.54, 1.807) is 0 Å². The Morgan fingerprint density at radius 3 is 2.74 bits per heavy atom. The van der Waals surface area contributed by atoms with E-state index in [0.29, 0.717) is 17.1 Å². The Hall–Kier alpha value is -1.84. The number of benzene rings is 1. The van der Waals surface area contributed by atoms with E-state index < -0.39 is 0 Å². The molecule has 3 rings (SSSR count). The van der Waals surface area contributed by atoms with Gasteiger partial charge in [-0.3, -0.25) is 0 Å². The Morgan fingerprint density at radius 1 is 1.22 bits per heavy atom. The summed E-state index contributed by atoms with van der Waals surface area (Å²) in [6, 6.07) is 12.1. The van der Waals surface area contributed by atoms with Crippen LogP contribution in [0, 0.1) is 6.92 Å². The third-order valence-electron chi connectivity index (χ3n) is 4.13. The first-order valence-electron chi connectivity index (χ1n) is 7.96. The van der Waals surface area contributed by atoms with Crippen molar-refractivity contribution < 1.29 is 4.74 Å². The molecule has 120 valence electrons. The quantitative estimate of drug-likeness (QED) is 0.795. The molecule has 2 aromatic rings. The number of rotatable bonds is 3. The van der Waals surface area contributed by atoms with Crippen LogP contribution < -0.4 is 10.5 Å². The predicted octanol–water partition coefficient (Wildman–Crippen LogP) is 5.12. The first kappa shape index (κ1) is 16.0. The van der Waals surface area contributed by atoms with Crippen LogP contribution in [0.1, 0.15) is 36.8 Å². The van der Waals surface area contributed by atoms with Gasteiger partial charge in [-0.05, 0) is 55.9 Å². The maximum absolute atomic E-state index is 6.04. The normalized spacial score (nSPS) is 17.9. The minimum Gasteiger partial charge on any atom is -0.439 e. The van der Waals surface area contributed by atoms with Crippen molar-refractivity contribution in [1.82, 2.24) is 4.98 Å². The summed E-state index contributed by atoms with van der Waals surface area (Å²) in [6.45, 7) is 1.92. The number of halogens is 1. The highest BCUT2D eigenvalue weighted by atomic mass is 35.5. The summed E-state index contributed by atoms with van der Waals surface area (Å²) in [5, 5.41) is 0.472. The number of pyridine rings is 1. The molecule has 0 bridgehead atoms. The van der Waals surface area contributed by atoms with E-state index in [2.05, 4.69) is 17.1 Å². The molecular formula is C19H21ClN2O. The standard InChI is InChI=1S/C19H21ClN2O/c1-13-5-10-18(22-19(13)20)23-17-4-2-3-15(12-17)11-14-6-8-16(21)9-7-14/h2-5,10-12,16H,6-9,21H2,1H3. The molecule has 1 saturated carbocycles. The number of aryl methyl sites for hydroxylation is 1. The molecule has 1 aromatic heterocycles. The summed E-state index contributed by atoms with van der Waals surface area (Å²) in [5.74, 6) is 1.27. The van der Waals surface area contributed by atoms with Gasteiger partial charge in [0.25, 0.3) is 0 Å². The molecule has 23 heavy (non-hydrogen) atoms. The van der Waals surface area contributed by atoms with Crippen LogP contribution in [0.5, 0.6) is 11.6 Å². The third kappa shape index (κ3) is 4.34. The average Bonchev–Trinajstić information content (AvgIpc) is 2.54. The Balaban J connectivity index is 1.74. The van der Waals surface area contributed by atoms with Gasteiger partial charge >= 0.3 is 0 Å². The van der Waals surface area contributed by atoms with E-state index in [9.17, 15) is 0 Å². The summed E-state index contributed by atoms with van der Waals surface area (Å²) in [5.41, 5.74) is 9.50. The molecule has 0 amide bonds. The molecule has 3 nitrogen and oxygen atoms in total. The molecule has 1 aliphatic carbocycles. The van der Waals surface area contributed by atoms with E-state index in [1.807, 2.05) is 37.3 Å². The van der Waals surface area contributed by atoms with Gasteiger partial charge < -0.3 is 10.5 Å². The van der Waals surface area contributed by atoms with Gasteiger partial charge in [0.05, 0.1) is 0 Å². The lowest BCUT2D eigenvalue weighted by Gasteiger charge is -2.20. The number of hydrogen-bond donors (Lipinski definition) is 1. The smallest absolute Gasteiger partial charge is 0.220 e. The summed E-state index contributed by atoms with van der Waals surface area (Å²) < 4.78 is 5.82. The molecule has 0 spiro atoms. The summed E-state index contributed by atoms with van der Waals surface area (Å²) >= 11 is 6.04. The van der Waals surface area contributed by atoms with Crippen LogP contribution in [0.25, 0.3) is 6.08 Å². The zero-order valence-corrected chi connectivity index (χ0v) is 14.0. The maximum atomic E-state index is 6.04. The summed E-state index contributed by atoms with van der Waals surface area (Å²) in [7, 11) is 0. The average molecular weight is 329 g/mol. The molecule has 1 aliphatic rings. The fourth-order valence-corrected chi connectivity index (χ4v) is 2.87. The van der Waals surface area contributed by atoms with Crippen LogP contribution in [-0.2, 0) is 0 Å². The molecule has 1 aromatic carbocycles. The topological polar surface area (TPSA) is 48.1 Å². The van der Waals surface area contributed by atoms with Crippen molar-refractivity contribution in [3.63, 3.8) is 0 Å². The van der Waals surface area contributed by atoms with Crippen LogP contribution in [0.2, 0.25) is 5.15 Å². The minimum absolute atomic E-state index is 0.360. The van der Waals surface area contributed by atoms with Gasteiger partial charge in [-0.25, -0.2) is 4.98 Å². The van der Waals surface area contributed by atoms with Crippen molar-refractivity contribution in [2.45, 2.75) is 38.6 Å². The van der Waals surface area contributed by atoms with Crippen LogP contribution >= 0.6 is 11.6 Å². The lowest BCUT2D eigenvalue weighted by atomic mass is 9.90. The second kappa shape index (κ2) is 7.16. The monoisotopic (exact) mass is 328 g/mol. The summed E-state index contributed by atoms with van der Waals surface area (Å²) in [6.07, 6.45) is 6.57. The van der Waals surface area contributed by atoms with Crippen molar-refractivity contribution in [2.75, 3.05) is 0 Å². The first-order chi connectivity index (χ1) is 11.1. The van der Waals surface area contributed by atoms with Gasteiger partial charge in [-0.2, -0.15) is 0 Å². The van der Waals surface area contributed by atoms with E-state index in [0.717, 1.165) is 42.6 Å². The van der Waals surface area contributed by atoms with Crippen LogP contribution in [0.15, 0.2) is 42.0 Å². The van der Waals surface area contributed by atoms with E-state index in [4.69, 9.17) is 22.1 Å². The van der Waals surface area contributed by atoms with Crippen molar-refractivity contribution in [2.24, 2.45) is 5.73 Å². The Bertz CT molecular complexity index is 717. The highest BCUT2D eigenvalue weighted by molar-refractivity contribution is 6.30. The van der Waals surface area contributed by atoms with Crippen molar-refractivity contribution in [3.8, 4) is 11.6 Å². The Kier molecular flexibility index (Phi) is 4.99. The van der Waals surface area contributed by atoms with Crippen LogP contribution in [0.4, 0.5) is 0 Å². The van der Waals surface area contributed by atoms with Crippen molar-refractivity contribution in [1.29, 1.82) is 0 Å². The van der Waals surface area contributed by atoms with Gasteiger partial charge in [0, 0.05) is 12.1 Å². The van der Waals surface area contributed by atoms with Crippen molar-refractivity contribution >= 4 is 17.7 Å². The van der Waals surface area contributed by atoms with Gasteiger partial charge in [0.1, 0.15) is 10.9 Å². The highest BCUT2D eigenvalue weighted by Crippen LogP contribution is 2.27. The number of nitrogens with two attached hydrogens (primary N) is 1. The highest BCUT2D eigenvalue weighted by Gasteiger charge is 2.12. The lowest BCUT2D eigenvalue weighted by molar-refractivity contribution is 0.462. The second-order valence-electron chi connectivity index (χ2n) is 6.07. The maximum Gasteiger partial charge on any atom is 0.220 e.